The van der Waals surface area contributed by atoms with E-state index in [4.69, 9.17) is 18.9 Å². The Labute approximate surface area is 630 Å². The highest BCUT2D eigenvalue weighted by molar-refractivity contribution is 9.10. The van der Waals surface area contributed by atoms with E-state index in [1.807, 2.05) is 97.1 Å². The Kier molecular flexibility index (Phi) is 21.2. The summed E-state index contributed by atoms with van der Waals surface area (Å²) < 4.78 is 32.9. The third-order valence-electron chi connectivity index (χ3n) is 22.0. The number of fused-ring (bicyclic) bond motifs is 2. The molecule has 0 aromatic heterocycles. The Balaban J connectivity index is 1.27. The molecule has 4 amide bonds. The van der Waals surface area contributed by atoms with Crippen molar-refractivity contribution in [1.29, 1.82) is 0 Å². The molecule has 0 N–H and O–H groups in total. The summed E-state index contributed by atoms with van der Waals surface area (Å²) in [7, 11) is 0. The number of halogens is 2. The maximum Gasteiger partial charge on any atom is 0.266 e. The zero-order valence-electron chi connectivity index (χ0n) is 62.4. The average molecular weight is 1520 g/mol. The maximum absolute atomic E-state index is 16.4. The quantitative estimate of drug-likeness (QED) is 0.0189. The number of hydrogen-bond acceptors (Lipinski definition) is 8. The topological polar surface area (TPSA) is 112 Å². The van der Waals surface area contributed by atoms with Crippen LogP contribution in [0.15, 0.2) is 179 Å². The van der Waals surface area contributed by atoms with Gasteiger partial charge < -0.3 is 18.9 Å². The first-order valence-corrected chi connectivity index (χ1v) is 39.3. The van der Waals surface area contributed by atoms with Gasteiger partial charge in [-0.15, -0.1) is 0 Å². The number of nitrogens with zero attached hydrogens (tertiary/aromatic N) is 2. The molecule has 104 heavy (non-hydrogen) atoms. The van der Waals surface area contributed by atoms with E-state index >= 15 is 19.2 Å². The fraction of sp³-hybridized carbons (Fsp3) is 0.348. The van der Waals surface area contributed by atoms with Gasteiger partial charge in [-0.1, -0.05) is 265 Å². The first-order valence-electron chi connectivity index (χ1n) is 37.7. The molecule has 0 unspecified atom stereocenters. The van der Waals surface area contributed by atoms with Crippen molar-refractivity contribution < 1.29 is 38.1 Å². The Hall–Kier alpha value is -8.84. The van der Waals surface area contributed by atoms with E-state index in [0.717, 1.165) is 134 Å². The van der Waals surface area contributed by atoms with Crippen molar-refractivity contribution in [2.45, 2.75) is 207 Å². The molecule has 2 heterocycles. The number of carbonyl (C=O) groups excluding carboxylic acids is 4. The molecule has 0 radical (unpaired) electrons. The van der Waals surface area contributed by atoms with Gasteiger partial charge in [0, 0.05) is 74.3 Å². The number of unbranched alkanes of at least 4 members (excludes halogenated alkanes) is 8. The van der Waals surface area contributed by atoms with E-state index in [2.05, 4.69) is 139 Å². The first kappa shape index (κ1) is 73.5. The molecule has 10 nitrogen and oxygen atoms in total. The Morgan fingerprint density at radius 1 is 0.279 bits per heavy atom. The lowest BCUT2D eigenvalue weighted by Gasteiger charge is -2.34. The number of carbonyl (C=O) groups is 4. The zero-order valence-corrected chi connectivity index (χ0v) is 65.6. The van der Waals surface area contributed by atoms with Crippen LogP contribution in [0.3, 0.4) is 0 Å². The number of hydrogen-bond donors (Lipinski definition) is 0. The largest absolute Gasteiger partial charge is 0.456 e. The van der Waals surface area contributed by atoms with E-state index in [9.17, 15) is 0 Å². The van der Waals surface area contributed by atoms with Crippen LogP contribution in [0, 0.1) is 0 Å². The lowest BCUT2D eigenvalue weighted by atomic mass is 9.79. The van der Waals surface area contributed by atoms with Crippen LogP contribution in [0.4, 0.5) is 11.4 Å². The predicted octanol–water partition coefficient (Wildman–Crippen LogP) is 27.5. The minimum absolute atomic E-state index is 0.217. The number of anilines is 2. The molecule has 0 spiro atoms. The van der Waals surface area contributed by atoms with Crippen molar-refractivity contribution >= 4 is 110 Å². The van der Waals surface area contributed by atoms with Gasteiger partial charge in [-0.05, 0) is 144 Å². The Morgan fingerprint density at radius 3 is 0.721 bits per heavy atom. The number of imide groups is 2. The molecule has 0 aliphatic carbocycles. The summed E-state index contributed by atoms with van der Waals surface area (Å²) in [6.07, 6.45) is 15.9. The summed E-state index contributed by atoms with van der Waals surface area (Å²) in [5.74, 6) is 1.18. The van der Waals surface area contributed by atoms with Crippen LogP contribution in [0.25, 0.3) is 43.1 Å². The predicted molar refractivity (Wildman–Crippen MR) is 433 cm³/mol. The van der Waals surface area contributed by atoms with E-state index in [-0.39, 0.29) is 45.3 Å². The van der Waals surface area contributed by atoms with Gasteiger partial charge in [0.1, 0.15) is 46.0 Å². The third-order valence-corrected chi connectivity index (χ3v) is 23.1. The van der Waals surface area contributed by atoms with Crippen LogP contribution >= 0.6 is 31.9 Å². The number of amides is 4. The van der Waals surface area contributed by atoms with Crippen molar-refractivity contribution in [3.63, 3.8) is 0 Å². The van der Waals surface area contributed by atoms with Crippen LogP contribution in [0.1, 0.15) is 250 Å². The van der Waals surface area contributed by atoms with Crippen molar-refractivity contribution in [1.82, 2.24) is 0 Å². The molecular formula is C92H96Br2N2O8. The van der Waals surface area contributed by atoms with Gasteiger partial charge in [-0.2, -0.15) is 0 Å². The van der Waals surface area contributed by atoms with Crippen molar-refractivity contribution in [2.75, 3.05) is 9.80 Å². The lowest BCUT2D eigenvalue weighted by molar-refractivity contribution is 0.0877. The maximum atomic E-state index is 16.4. The molecule has 2 aliphatic heterocycles. The van der Waals surface area contributed by atoms with Gasteiger partial charge >= 0.3 is 0 Å². The molecule has 0 bridgehead atoms. The standard InChI is InChI=1S/C92H96Br2N2O8/c1-13-17-29-49-89(5,6)65-33-21-25-37-69(65)101-73-53-61-77-62(86(98)95(85(61)97)59-45-41-57(93)42-46-59)55-75(103-71-39-27-23-35-67(71)91(9,10)51-31-19-15-3)81-82-76(104-72-40-28-24-36-68(72)92(11,12)52-32-20-16-4)56-64-78-63(87(99)96(88(64)100)60-47-43-58(94)44-48-60)54-74(80(84(78)82)79(73)83(77)81)102-70-38-26-22-34-66(70)90(7,8)50-30-18-14-2/h21-28,33-48,53-56H,13-20,29-32,49-52H2,1-12H3. The monoisotopic (exact) mass is 1510 g/mol. The number of benzene rings is 11. The first-order chi connectivity index (χ1) is 49.9. The minimum Gasteiger partial charge on any atom is -0.456 e. The van der Waals surface area contributed by atoms with Crippen LogP contribution in [-0.4, -0.2) is 23.6 Å². The van der Waals surface area contributed by atoms with Crippen molar-refractivity contribution in [3.05, 3.63) is 223 Å². The molecule has 13 rings (SSSR count). The van der Waals surface area contributed by atoms with E-state index in [1.54, 1.807) is 48.5 Å². The second-order valence-electron chi connectivity index (χ2n) is 31.3. The highest BCUT2D eigenvalue weighted by Gasteiger charge is 2.44. The lowest BCUT2D eigenvalue weighted by Crippen LogP contribution is -2.40. The van der Waals surface area contributed by atoms with Crippen LogP contribution in [0.2, 0.25) is 0 Å². The highest BCUT2D eigenvalue weighted by Crippen LogP contribution is 2.60. The van der Waals surface area contributed by atoms with Gasteiger partial charge in [0.05, 0.1) is 33.6 Å². The smallest absolute Gasteiger partial charge is 0.266 e. The van der Waals surface area contributed by atoms with Gasteiger partial charge in [0.2, 0.25) is 0 Å². The number of rotatable bonds is 30. The Bertz CT molecular complexity index is 4530. The second kappa shape index (κ2) is 30.0. The van der Waals surface area contributed by atoms with Crippen molar-refractivity contribution in [3.8, 4) is 46.0 Å². The summed E-state index contributed by atoms with van der Waals surface area (Å²) in [6, 6.07) is 54.2. The molecule has 2 aliphatic rings. The third kappa shape index (κ3) is 13.8. The van der Waals surface area contributed by atoms with Gasteiger partial charge in [0.15, 0.2) is 0 Å². The summed E-state index contributed by atoms with van der Waals surface area (Å²) in [4.78, 5) is 68.1. The molecule has 0 saturated heterocycles. The zero-order chi connectivity index (χ0) is 73.6. The minimum atomic E-state index is -0.556. The highest BCUT2D eigenvalue weighted by atomic mass is 79.9. The fourth-order valence-electron chi connectivity index (χ4n) is 16.2. The SMILES string of the molecule is CCCCCC(C)(C)c1ccccc1Oc1cc2c3c(cc(Oc4ccccc4C(C)(C)CCCCC)c4c5c(Oc6ccccc6C(C)(C)CCCCC)cc6c7c(cc(Oc8ccccc8C(C)(C)CCCCC)c(c1c34)c75)C(=O)N(c1ccc(Br)cc1)C6=O)C(=O)N(c1ccc(Br)cc1)C2=O. The summed E-state index contributed by atoms with van der Waals surface area (Å²) in [6.45, 7) is 26.9. The van der Waals surface area contributed by atoms with E-state index in [0.29, 0.717) is 77.5 Å². The molecule has 536 valence electrons. The van der Waals surface area contributed by atoms with Gasteiger partial charge in [0.25, 0.3) is 23.6 Å². The van der Waals surface area contributed by atoms with Crippen LogP contribution < -0.4 is 28.7 Å². The number of ether oxygens (including phenoxy) is 4. The van der Waals surface area contributed by atoms with Crippen molar-refractivity contribution in [2.24, 2.45) is 0 Å². The number of para-hydroxylation sites is 4. The molecule has 12 heteroatoms. The van der Waals surface area contributed by atoms with E-state index in [1.165, 1.54) is 9.80 Å². The molecule has 0 atom stereocenters. The van der Waals surface area contributed by atoms with Crippen LogP contribution in [0.5, 0.6) is 46.0 Å². The molecule has 11 aromatic carbocycles. The molecule has 11 aromatic rings. The molecule has 0 fully saturated rings. The van der Waals surface area contributed by atoms with Gasteiger partial charge in [-0.25, -0.2) is 9.80 Å². The fourth-order valence-corrected chi connectivity index (χ4v) is 16.7. The summed E-state index contributed by atoms with van der Waals surface area (Å²) >= 11 is 7.24. The normalized spacial score (nSPS) is 13.6. The molecule has 0 saturated carbocycles. The molecular weight excluding hydrogens is 1420 g/mol. The van der Waals surface area contributed by atoms with Gasteiger partial charge in [-0.3, -0.25) is 19.2 Å². The Morgan fingerprint density at radius 2 is 0.500 bits per heavy atom. The van der Waals surface area contributed by atoms with E-state index < -0.39 is 45.3 Å². The van der Waals surface area contributed by atoms with Crippen LogP contribution in [-0.2, 0) is 21.7 Å². The summed E-state index contributed by atoms with van der Waals surface area (Å²) in [5, 5.41) is 3.58. The average Bonchev–Trinajstić information content (AvgIpc) is 0.670. The summed E-state index contributed by atoms with van der Waals surface area (Å²) in [5.41, 5.74) is 3.90. The second-order valence-corrected chi connectivity index (χ2v) is 33.1.